The van der Waals surface area contributed by atoms with Gasteiger partial charge in [0, 0.05) is 5.25 Å². The lowest BCUT2D eigenvalue weighted by molar-refractivity contribution is 0.488. The first kappa shape index (κ1) is 8.93. The van der Waals surface area contributed by atoms with Crippen LogP contribution < -0.4 is 0 Å². The van der Waals surface area contributed by atoms with E-state index in [1.165, 1.54) is 57.1 Å². The standard InChI is InChI=1S/C11H20S/c1-2-8-11(12-9-5-1)10-6-3-4-7-10/h10-11H,1-9H2. The molecule has 1 atom stereocenters. The van der Waals surface area contributed by atoms with E-state index in [1.807, 2.05) is 0 Å². The molecule has 2 rings (SSSR count). The van der Waals surface area contributed by atoms with Crippen molar-refractivity contribution in [1.29, 1.82) is 0 Å². The second-order valence-electron chi connectivity index (χ2n) is 4.30. The van der Waals surface area contributed by atoms with Gasteiger partial charge in [0.05, 0.1) is 0 Å². The smallest absolute Gasteiger partial charge is 0.00753 e. The van der Waals surface area contributed by atoms with E-state index in [0.29, 0.717) is 0 Å². The summed E-state index contributed by atoms with van der Waals surface area (Å²) in [6, 6.07) is 0. The lowest BCUT2D eigenvalue weighted by Crippen LogP contribution is -2.13. The Morgan fingerprint density at radius 3 is 2.33 bits per heavy atom. The maximum Gasteiger partial charge on any atom is 0.00753 e. The minimum absolute atomic E-state index is 1.05. The van der Waals surface area contributed by atoms with E-state index in [2.05, 4.69) is 11.8 Å². The van der Waals surface area contributed by atoms with Crippen molar-refractivity contribution in [3.05, 3.63) is 0 Å². The highest BCUT2D eigenvalue weighted by atomic mass is 32.2. The van der Waals surface area contributed by atoms with Crippen LogP contribution in [-0.2, 0) is 0 Å². The monoisotopic (exact) mass is 184 g/mol. The summed E-state index contributed by atoms with van der Waals surface area (Å²) in [5, 5.41) is 1.05. The summed E-state index contributed by atoms with van der Waals surface area (Å²) in [7, 11) is 0. The van der Waals surface area contributed by atoms with Crippen LogP contribution in [0.1, 0.15) is 51.4 Å². The van der Waals surface area contributed by atoms with Gasteiger partial charge in [-0.1, -0.05) is 25.7 Å². The van der Waals surface area contributed by atoms with Gasteiger partial charge in [-0.25, -0.2) is 0 Å². The molecule has 2 fully saturated rings. The third-order valence-electron chi connectivity index (χ3n) is 3.39. The lowest BCUT2D eigenvalue weighted by Gasteiger charge is -2.20. The highest BCUT2D eigenvalue weighted by molar-refractivity contribution is 7.99. The van der Waals surface area contributed by atoms with Gasteiger partial charge in [0.1, 0.15) is 0 Å². The highest BCUT2D eigenvalue weighted by Crippen LogP contribution is 2.38. The minimum Gasteiger partial charge on any atom is -0.158 e. The molecule has 1 aliphatic carbocycles. The zero-order chi connectivity index (χ0) is 8.23. The van der Waals surface area contributed by atoms with Crippen LogP contribution in [0.4, 0.5) is 0 Å². The molecule has 1 saturated carbocycles. The van der Waals surface area contributed by atoms with Gasteiger partial charge in [0.2, 0.25) is 0 Å². The third-order valence-corrected chi connectivity index (χ3v) is 4.96. The number of hydrogen-bond acceptors (Lipinski definition) is 1. The van der Waals surface area contributed by atoms with Gasteiger partial charge in [-0.15, -0.1) is 0 Å². The molecule has 0 aromatic heterocycles. The summed E-state index contributed by atoms with van der Waals surface area (Å²) < 4.78 is 0. The van der Waals surface area contributed by atoms with Crippen LogP contribution in [0.2, 0.25) is 0 Å². The fourth-order valence-corrected chi connectivity index (χ4v) is 4.19. The fraction of sp³-hybridized carbons (Fsp3) is 1.00. The van der Waals surface area contributed by atoms with Crippen molar-refractivity contribution in [2.24, 2.45) is 5.92 Å². The Kier molecular flexibility index (Phi) is 3.38. The molecule has 0 N–H and O–H groups in total. The fourth-order valence-electron chi connectivity index (χ4n) is 2.64. The zero-order valence-electron chi connectivity index (χ0n) is 7.93. The second kappa shape index (κ2) is 4.55. The average molecular weight is 184 g/mol. The molecule has 1 heterocycles. The van der Waals surface area contributed by atoms with Gasteiger partial charge in [0.25, 0.3) is 0 Å². The maximum atomic E-state index is 2.28. The third kappa shape index (κ3) is 2.18. The van der Waals surface area contributed by atoms with Crippen molar-refractivity contribution in [3.63, 3.8) is 0 Å². The largest absolute Gasteiger partial charge is 0.158 e. The Hall–Kier alpha value is 0.350. The van der Waals surface area contributed by atoms with Gasteiger partial charge in [0.15, 0.2) is 0 Å². The van der Waals surface area contributed by atoms with Crippen LogP contribution in [-0.4, -0.2) is 11.0 Å². The molecule has 1 heteroatoms. The molecule has 1 saturated heterocycles. The van der Waals surface area contributed by atoms with Crippen molar-refractivity contribution in [1.82, 2.24) is 0 Å². The molecule has 70 valence electrons. The Morgan fingerprint density at radius 2 is 1.50 bits per heavy atom. The van der Waals surface area contributed by atoms with E-state index >= 15 is 0 Å². The SMILES string of the molecule is C1CCSC(C2CCCC2)CC1. The molecule has 0 spiro atoms. The summed E-state index contributed by atoms with van der Waals surface area (Å²) in [6.07, 6.45) is 12.1. The molecule has 0 aromatic carbocycles. The van der Waals surface area contributed by atoms with Crippen molar-refractivity contribution in [3.8, 4) is 0 Å². The molecular formula is C11H20S. The molecule has 0 bridgehead atoms. The summed E-state index contributed by atoms with van der Waals surface area (Å²) in [5.41, 5.74) is 0. The van der Waals surface area contributed by atoms with Gasteiger partial charge >= 0.3 is 0 Å². The minimum atomic E-state index is 1.05. The Morgan fingerprint density at radius 1 is 0.750 bits per heavy atom. The van der Waals surface area contributed by atoms with Gasteiger partial charge in [-0.2, -0.15) is 11.8 Å². The molecule has 1 unspecified atom stereocenters. The zero-order valence-corrected chi connectivity index (χ0v) is 8.74. The van der Waals surface area contributed by atoms with Crippen LogP contribution in [0.3, 0.4) is 0 Å². The molecule has 1 aliphatic heterocycles. The Bertz CT molecular complexity index is 119. The average Bonchev–Trinajstić information content (AvgIpc) is 2.48. The van der Waals surface area contributed by atoms with E-state index in [1.54, 1.807) is 0 Å². The predicted octanol–water partition coefficient (Wildman–Crippen LogP) is 3.85. The Labute approximate surface area is 80.5 Å². The number of thioether (sulfide) groups is 1. The van der Waals surface area contributed by atoms with Crippen molar-refractivity contribution >= 4 is 11.8 Å². The van der Waals surface area contributed by atoms with E-state index in [9.17, 15) is 0 Å². The summed E-state index contributed by atoms with van der Waals surface area (Å²) >= 11 is 2.28. The normalized spacial score (nSPS) is 33.5. The molecule has 0 nitrogen and oxygen atoms in total. The van der Waals surface area contributed by atoms with Crippen molar-refractivity contribution in [2.75, 3.05) is 5.75 Å². The Balaban J connectivity index is 1.83. The molecule has 0 aromatic rings. The van der Waals surface area contributed by atoms with Crippen molar-refractivity contribution < 1.29 is 0 Å². The lowest BCUT2D eigenvalue weighted by atomic mass is 9.99. The van der Waals surface area contributed by atoms with Crippen LogP contribution in [0.5, 0.6) is 0 Å². The second-order valence-corrected chi connectivity index (χ2v) is 5.65. The first-order valence-electron chi connectivity index (χ1n) is 5.58. The first-order chi connectivity index (χ1) is 5.97. The quantitative estimate of drug-likeness (QED) is 0.596. The topological polar surface area (TPSA) is 0 Å². The van der Waals surface area contributed by atoms with Gasteiger partial charge in [-0.3, -0.25) is 0 Å². The van der Waals surface area contributed by atoms with Crippen LogP contribution >= 0.6 is 11.8 Å². The molecule has 12 heavy (non-hydrogen) atoms. The summed E-state index contributed by atoms with van der Waals surface area (Å²) in [5.74, 6) is 2.55. The highest BCUT2D eigenvalue weighted by Gasteiger charge is 2.25. The van der Waals surface area contributed by atoms with Crippen LogP contribution in [0.15, 0.2) is 0 Å². The summed E-state index contributed by atoms with van der Waals surface area (Å²) in [4.78, 5) is 0. The summed E-state index contributed by atoms with van der Waals surface area (Å²) in [6.45, 7) is 0. The first-order valence-corrected chi connectivity index (χ1v) is 6.63. The molecule has 2 aliphatic rings. The van der Waals surface area contributed by atoms with Crippen molar-refractivity contribution in [2.45, 2.75) is 56.6 Å². The van der Waals surface area contributed by atoms with E-state index in [-0.39, 0.29) is 0 Å². The van der Waals surface area contributed by atoms with E-state index in [4.69, 9.17) is 0 Å². The van der Waals surface area contributed by atoms with Gasteiger partial charge in [-0.05, 0) is 37.4 Å². The predicted molar refractivity (Wildman–Crippen MR) is 56.7 cm³/mol. The van der Waals surface area contributed by atoms with Crippen LogP contribution in [0.25, 0.3) is 0 Å². The molecule has 0 radical (unpaired) electrons. The van der Waals surface area contributed by atoms with E-state index < -0.39 is 0 Å². The number of hydrogen-bond donors (Lipinski definition) is 0. The number of rotatable bonds is 1. The maximum absolute atomic E-state index is 2.28. The molecular weight excluding hydrogens is 164 g/mol. The van der Waals surface area contributed by atoms with Gasteiger partial charge < -0.3 is 0 Å². The van der Waals surface area contributed by atoms with Crippen LogP contribution in [0, 0.1) is 5.92 Å². The molecule has 0 amide bonds. The van der Waals surface area contributed by atoms with E-state index in [0.717, 1.165) is 11.2 Å².